The fourth-order valence-electron chi connectivity index (χ4n) is 6.66. The summed E-state index contributed by atoms with van der Waals surface area (Å²) >= 11 is 0. The third-order valence-corrected chi connectivity index (χ3v) is 9.56. The minimum Gasteiger partial charge on any atom is -0.503 e. The molecule has 0 radical (unpaired) electrons. The van der Waals surface area contributed by atoms with Gasteiger partial charge in [0, 0.05) is 18.5 Å². The van der Waals surface area contributed by atoms with Gasteiger partial charge in [0.05, 0.1) is 12.0 Å². The molecule has 278 valence electrons. The topological polar surface area (TPSA) is 149 Å². The van der Waals surface area contributed by atoms with Crippen molar-refractivity contribution in [1.82, 2.24) is 9.88 Å². The van der Waals surface area contributed by atoms with Crippen molar-refractivity contribution in [1.29, 1.82) is 0 Å². The number of amides is 1. The highest BCUT2D eigenvalue weighted by molar-refractivity contribution is 6.03. The number of esters is 1. The van der Waals surface area contributed by atoms with Gasteiger partial charge in [-0.3, -0.25) is 9.59 Å². The molecule has 1 amide bonds. The Hall–Kier alpha value is -6.88. The van der Waals surface area contributed by atoms with Gasteiger partial charge >= 0.3 is 11.9 Å². The second-order valence-electron chi connectivity index (χ2n) is 13.2. The van der Waals surface area contributed by atoms with Gasteiger partial charge in [-0.05, 0) is 77.2 Å². The van der Waals surface area contributed by atoms with E-state index >= 15 is 0 Å². The van der Waals surface area contributed by atoms with E-state index in [9.17, 15) is 24.6 Å². The summed E-state index contributed by atoms with van der Waals surface area (Å²) in [6.07, 6.45) is 3.13. The molecule has 0 saturated heterocycles. The van der Waals surface area contributed by atoms with E-state index in [0.717, 1.165) is 27.4 Å². The number of carbonyl (C=O) groups excluding carboxylic acids is 2. The minimum atomic E-state index is -1.41. The number of benzene rings is 5. The zero-order valence-corrected chi connectivity index (χ0v) is 30.0. The summed E-state index contributed by atoms with van der Waals surface area (Å²) in [5.74, 6) is -3.31. The molecule has 1 aliphatic rings. The molecule has 5 aromatic carbocycles. The van der Waals surface area contributed by atoms with Gasteiger partial charge in [0.25, 0.3) is 5.91 Å². The number of ether oxygens (including phenoxy) is 3. The van der Waals surface area contributed by atoms with Crippen LogP contribution >= 0.6 is 0 Å². The highest BCUT2D eigenvalue weighted by Crippen LogP contribution is 2.38. The monoisotopic (exact) mass is 738 g/mol. The summed E-state index contributed by atoms with van der Waals surface area (Å²) in [6, 6.07) is 34.8. The summed E-state index contributed by atoms with van der Waals surface area (Å²) < 4.78 is 22.6. The maximum absolute atomic E-state index is 14.6. The normalized spacial score (nSPS) is 13.8. The van der Waals surface area contributed by atoms with Crippen LogP contribution in [0, 0.1) is 0 Å². The number of aromatic nitrogens is 1. The first-order chi connectivity index (χ1) is 26.7. The lowest BCUT2D eigenvalue weighted by Crippen LogP contribution is -2.43. The molecule has 55 heavy (non-hydrogen) atoms. The van der Waals surface area contributed by atoms with E-state index in [1.165, 1.54) is 4.90 Å². The molecule has 2 N–H and O–H groups in total. The van der Waals surface area contributed by atoms with Gasteiger partial charge in [0.2, 0.25) is 12.7 Å². The van der Waals surface area contributed by atoms with Crippen molar-refractivity contribution in [2.75, 3.05) is 6.79 Å². The molecule has 2 heterocycles. The van der Waals surface area contributed by atoms with Crippen molar-refractivity contribution in [2.24, 2.45) is 0 Å². The molecule has 7 rings (SSSR count). The van der Waals surface area contributed by atoms with Crippen LogP contribution in [0.3, 0.4) is 0 Å². The Bertz CT molecular complexity index is 2380. The van der Waals surface area contributed by atoms with Crippen molar-refractivity contribution in [3.8, 4) is 11.5 Å². The molecule has 1 aliphatic heterocycles. The number of carboxylic acid groups (broad SMARTS) is 1. The molecule has 0 aliphatic carbocycles. The van der Waals surface area contributed by atoms with Gasteiger partial charge < -0.3 is 33.7 Å². The Balaban J connectivity index is 1.26. The zero-order valence-electron chi connectivity index (χ0n) is 30.0. The van der Waals surface area contributed by atoms with Gasteiger partial charge in [-0.15, -0.1) is 0 Å². The van der Waals surface area contributed by atoms with Crippen LogP contribution in [0.2, 0.25) is 0 Å². The molecule has 6 aromatic rings. The van der Waals surface area contributed by atoms with Crippen LogP contribution in [0.4, 0.5) is 0 Å². The van der Waals surface area contributed by atoms with Gasteiger partial charge in [0.1, 0.15) is 12.1 Å². The standard InChI is InChI=1S/C44H38N2O9/c1-28(34(33-20-21-38-39(23-33)54-27-53-38)14-9-17-40-45-36-15-7-8-16-37(36)55-40)46(25-30-18-19-31-12-5-6-13-32(31)22-30)43(50)42(49)35(24-41(47)48)44(51)52-26-29-10-3-2-4-11-29/h2-13,15-23,28,34,49H,14,24-27H2,1H3,(H,47,48)/b17-9+,42-35?/t28-,34+/m1/s1. The molecule has 11 heteroatoms. The van der Waals surface area contributed by atoms with E-state index in [4.69, 9.17) is 18.6 Å². The van der Waals surface area contributed by atoms with Crippen LogP contribution in [-0.4, -0.2) is 50.8 Å². The van der Waals surface area contributed by atoms with E-state index in [1.807, 2.05) is 97.9 Å². The molecule has 0 saturated carbocycles. The molecule has 0 unspecified atom stereocenters. The summed E-state index contributed by atoms with van der Waals surface area (Å²) in [4.78, 5) is 46.0. The second kappa shape index (κ2) is 16.4. The van der Waals surface area contributed by atoms with E-state index in [0.29, 0.717) is 35.0 Å². The molecule has 1 aromatic heterocycles. The predicted octanol–water partition coefficient (Wildman–Crippen LogP) is 8.34. The average molecular weight is 739 g/mol. The molecule has 0 fully saturated rings. The SMILES string of the molecule is C[C@H]([C@H](C/C=C/c1nc2ccccc2o1)c1ccc2c(c1)OCO2)N(Cc1ccc2ccccc2c1)C(=O)C(O)=C(CC(=O)O)C(=O)OCc1ccccc1. The highest BCUT2D eigenvalue weighted by atomic mass is 16.7. The molecular weight excluding hydrogens is 700 g/mol. The summed E-state index contributed by atoms with van der Waals surface area (Å²) in [7, 11) is 0. The smallest absolute Gasteiger partial charge is 0.338 e. The molecule has 0 bridgehead atoms. The van der Waals surface area contributed by atoms with E-state index in [2.05, 4.69) is 4.98 Å². The number of carboxylic acids is 1. The zero-order chi connectivity index (χ0) is 38.3. The first-order valence-corrected chi connectivity index (χ1v) is 17.8. The Morgan fingerprint density at radius 2 is 1.58 bits per heavy atom. The second-order valence-corrected chi connectivity index (χ2v) is 13.2. The number of hydrogen-bond donors (Lipinski definition) is 2. The van der Waals surface area contributed by atoms with Crippen molar-refractivity contribution < 1.29 is 43.2 Å². The number of aliphatic hydroxyl groups is 1. The van der Waals surface area contributed by atoms with Crippen LogP contribution in [0.15, 0.2) is 137 Å². The van der Waals surface area contributed by atoms with Gasteiger partial charge in [0.15, 0.2) is 22.8 Å². The van der Waals surface area contributed by atoms with Crippen LogP contribution in [0.1, 0.15) is 48.3 Å². The fraction of sp³-hybridized carbons (Fsp3) is 0.182. The van der Waals surface area contributed by atoms with Crippen LogP contribution in [-0.2, 0) is 32.3 Å². The number of fused-ring (bicyclic) bond motifs is 3. The van der Waals surface area contributed by atoms with Gasteiger partial charge in [-0.2, -0.15) is 0 Å². The number of nitrogens with zero attached hydrogens (tertiary/aromatic N) is 2. The first-order valence-electron chi connectivity index (χ1n) is 17.8. The lowest BCUT2D eigenvalue weighted by molar-refractivity contribution is -0.144. The largest absolute Gasteiger partial charge is 0.503 e. The number of hydrogen-bond acceptors (Lipinski definition) is 9. The maximum atomic E-state index is 14.6. The van der Waals surface area contributed by atoms with Gasteiger partial charge in [-0.1, -0.05) is 91.0 Å². The predicted molar refractivity (Wildman–Crippen MR) is 205 cm³/mol. The van der Waals surface area contributed by atoms with E-state index < -0.39 is 47.6 Å². The molecule has 0 spiro atoms. The highest BCUT2D eigenvalue weighted by Gasteiger charge is 2.34. The average Bonchev–Trinajstić information content (AvgIpc) is 3.86. The third kappa shape index (κ3) is 8.52. The lowest BCUT2D eigenvalue weighted by Gasteiger charge is -2.35. The molecule has 2 atom stereocenters. The lowest BCUT2D eigenvalue weighted by atomic mass is 9.87. The van der Waals surface area contributed by atoms with Crippen LogP contribution < -0.4 is 9.47 Å². The number of aliphatic carboxylic acids is 1. The Labute approximate surface area is 316 Å². The van der Waals surface area contributed by atoms with Crippen molar-refractivity contribution >= 4 is 45.8 Å². The maximum Gasteiger partial charge on any atom is 0.338 e. The van der Waals surface area contributed by atoms with Crippen molar-refractivity contribution in [3.63, 3.8) is 0 Å². The first kappa shape index (κ1) is 36.5. The number of carbonyl (C=O) groups is 3. The number of allylic oxidation sites excluding steroid dienone is 1. The van der Waals surface area contributed by atoms with Crippen LogP contribution in [0.25, 0.3) is 27.9 Å². The Morgan fingerprint density at radius 3 is 2.38 bits per heavy atom. The third-order valence-electron chi connectivity index (χ3n) is 9.56. The Morgan fingerprint density at radius 1 is 0.836 bits per heavy atom. The minimum absolute atomic E-state index is 0.0181. The van der Waals surface area contributed by atoms with Gasteiger partial charge in [-0.25, -0.2) is 9.78 Å². The fourth-order valence-corrected chi connectivity index (χ4v) is 6.66. The number of rotatable bonds is 14. The van der Waals surface area contributed by atoms with E-state index in [-0.39, 0.29) is 19.9 Å². The van der Waals surface area contributed by atoms with Crippen molar-refractivity contribution in [3.05, 3.63) is 155 Å². The van der Waals surface area contributed by atoms with Crippen molar-refractivity contribution in [2.45, 2.75) is 44.9 Å². The van der Waals surface area contributed by atoms with Crippen LogP contribution in [0.5, 0.6) is 11.5 Å². The Kier molecular flexibility index (Phi) is 10.9. The summed E-state index contributed by atoms with van der Waals surface area (Å²) in [5.41, 5.74) is 2.93. The number of para-hydroxylation sites is 2. The molecule has 11 nitrogen and oxygen atoms in total. The quantitative estimate of drug-likeness (QED) is 0.0635. The summed E-state index contributed by atoms with van der Waals surface area (Å²) in [5, 5.41) is 23.3. The number of aliphatic hydroxyl groups excluding tert-OH is 1. The number of oxazole rings is 1. The molecular formula is C44H38N2O9. The van der Waals surface area contributed by atoms with E-state index in [1.54, 1.807) is 36.4 Å². The summed E-state index contributed by atoms with van der Waals surface area (Å²) in [6.45, 7) is 1.76.